The summed E-state index contributed by atoms with van der Waals surface area (Å²) in [6.07, 6.45) is 36.6. The molecule has 296 valence electrons. The summed E-state index contributed by atoms with van der Waals surface area (Å²) in [6.45, 7) is 2.21. The molecule has 3 unspecified atom stereocenters. The fourth-order valence-corrected chi connectivity index (χ4v) is 5.77. The molecule has 0 heterocycles. The SMILES string of the molecule is CC/C=C\C/C=C\C/C=C\C/C=C\CCCCCCCCC(=O)OC(COC(=O)CCCCCCCCCCC)COP(=O)(O)OCC(O)CO. The molecule has 0 rings (SSSR count). The van der Waals surface area contributed by atoms with E-state index in [1.54, 1.807) is 0 Å². The largest absolute Gasteiger partial charge is 0.472 e. The molecule has 0 bridgehead atoms. The lowest BCUT2D eigenvalue weighted by Gasteiger charge is -2.20. The summed E-state index contributed by atoms with van der Waals surface area (Å²) < 4.78 is 32.5. The molecular formula is C40H71O10P. The van der Waals surface area contributed by atoms with E-state index < -0.39 is 51.8 Å². The number of rotatable bonds is 36. The molecule has 0 aliphatic carbocycles. The maximum Gasteiger partial charge on any atom is 0.472 e. The zero-order valence-corrected chi connectivity index (χ0v) is 32.7. The Labute approximate surface area is 309 Å². The molecule has 0 aliphatic rings. The van der Waals surface area contributed by atoms with E-state index in [1.807, 2.05) is 0 Å². The van der Waals surface area contributed by atoms with Crippen molar-refractivity contribution in [2.75, 3.05) is 26.4 Å². The number of carbonyl (C=O) groups excluding carboxylic acids is 2. The first-order valence-corrected chi connectivity index (χ1v) is 21.1. The summed E-state index contributed by atoms with van der Waals surface area (Å²) in [5, 5.41) is 18.3. The second-order valence-corrected chi connectivity index (χ2v) is 14.4. The highest BCUT2D eigenvalue weighted by Gasteiger charge is 2.27. The number of phosphoric ester groups is 1. The zero-order valence-electron chi connectivity index (χ0n) is 31.8. The van der Waals surface area contributed by atoms with Crippen LogP contribution in [-0.4, -0.2) is 65.7 Å². The molecule has 0 saturated heterocycles. The van der Waals surface area contributed by atoms with Crippen LogP contribution in [0.4, 0.5) is 0 Å². The van der Waals surface area contributed by atoms with Gasteiger partial charge in [0.1, 0.15) is 12.7 Å². The molecule has 0 radical (unpaired) electrons. The van der Waals surface area contributed by atoms with E-state index in [1.165, 1.54) is 32.1 Å². The molecular weight excluding hydrogens is 671 g/mol. The lowest BCUT2D eigenvalue weighted by molar-refractivity contribution is -0.161. The van der Waals surface area contributed by atoms with Crippen LogP contribution in [0.25, 0.3) is 0 Å². The molecule has 0 amide bonds. The first kappa shape index (κ1) is 48.9. The number of esters is 2. The number of carbonyl (C=O) groups is 2. The normalized spacial score (nSPS) is 14.5. The smallest absolute Gasteiger partial charge is 0.462 e. The predicted molar refractivity (Wildman–Crippen MR) is 205 cm³/mol. The number of aliphatic hydroxyl groups excluding tert-OH is 2. The van der Waals surface area contributed by atoms with Gasteiger partial charge in [-0.25, -0.2) is 4.57 Å². The van der Waals surface area contributed by atoms with Crippen molar-refractivity contribution in [1.29, 1.82) is 0 Å². The molecule has 0 aromatic rings. The highest BCUT2D eigenvalue weighted by molar-refractivity contribution is 7.47. The summed E-state index contributed by atoms with van der Waals surface area (Å²) in [5.41, 5.74) is 0. The van der Waals surface area contributed by atoms with Crippen molar-refractivity contribution in [1.82, 2.24) is 0 Å². The van der Waals surface area contributed by atoms with Crippen molar-refractivity contribution in [3.63, 3.8) is 0 Å². The number of allylic oxidation sites excluding steroid dienone is 8. The van der Waals surface area contributed by atoms with Gasteiger partial charge in [-0.15, -0.1) is 0 Å². The van der Waals surface area contributed by atoms with Gasteiger partial charge in [-0.05, 0) is 51.4 Å². The van der Waals surface area contributed by atoms with Crippen LogP contribution >= 0.6 is 7.82 Å². The minimum atomic E-state index is -4.61. The number of hydrogen-bond acceptors (Lipinski definition) is 9. The molecule has 51 heavy (non-hydrogen) atoms. The Kier molecular flexibility index (Phi) is 34.8. The van der Waals surface area contributed by atoms with E-state index in [-0.39, 0.29) is 19.4 Å². The van der Waals surface area contributed by atoms with Crippen LogP contribution in [0.1, 0.15) is 155 Å². The van der Waals surface area contributed by atoms with E-state index in [2.05, 4.69) is 67.0 Å². The maximum atomic E-state index is 12.6. The summed E-state index contributed by atoms with van der Waals surface area (Å²) >= 11 is 0. The molecule has 0 fully saturated rings. The third kappa shape index (κ3) is 36.1. The fourth-order valence-electron chi connectivity index (χ4n) is 4.98. The van der Waals surface area contributed by atoms with E-state index in [4.69, 9.17) is 19.1 Å². The lowest BCUT2D eigenvalue weighted by Crippen LogP contribution is -2.29. The molecule has 3 N–H and O–H groups in total. The molecule has 10 nitrogen and oxygen atoms in total. The highest BCUT2D eigenvalue weighted by Crippen LogP contribution is 2.43. The minimum absolute atomic E-state index is 0.167. The Morgan fingerprint density at radius 1 is 0.608 bits per heavy atom. The quantitative estimate of drug-likeness (QED) is 0.0245. The van der Waals surface area contributed by atoms with Gasteiger partial charge in [-0.3, -0.25) is 18.6 Å². The summed E-state index contributed by atoms with van der Waals surface area (Å²) in [6, 6.07) is 0. The molecule has 11 heteroatoms. The van der Waals surface area contributed by atoms with Crippen molar-refractivity contribution in [2.45, 2.75) is 167 Å². The van der Waals surface area contributed by atoms with E-state index >= 15 is 0 Å². The standard InChI is InChI=1S/C40H71O10P/c1-3-5-7-9-11-13-14-15-16-17-18-19-20-21-22-24-26-28-30-32-40(44)50-38(36-49-51(45,46)48-34-37(42)33-41)35-47-39(43)31-29-27-25-23-12-10-8-6-4-2/h5,7,11,13,15-16,18-19,37-38,41-42H,3-4,6,8-10,12,14,17,20-36H2,1-2H3,(H,45,46)/b7-5-,13-11-,16-15-,19-18-. The van der Waals surface area contributed by atoms with Crippen LogP contribution in [0, 0.1) is 0 Å². The van der Waals surface area contributed by atoms with Gasteiger partial charge in [0.15, 0.2) is 6.10 Å². The number of hydrogen-bond donors (Lipinski definition) is 3. The van der Waals surface area contributed by atoms with Gasteiger partial charge < -0.3 is 24.6 Å². The second kappa shape index (κ2) is 36.3. The Bertz CT molecular complexity index is 994. The minimum Gasteiger partial charge on any atom is -0.462 e. The third-order valence-corrected chi connectivity index (χ3v) is 8.95. The predicted octanol–water partition coefficient (Wildman–Crippen LogP) is 9.77. The monoisotopic (exact) mass is 742 g/mol. The second-order valence-electron chi connectivity index (χ2n) is 12.9. The van der Waals surface area contributed by atoms with Crippen molar-refractivity contribution < 1.29 is 47.8 Å². The first-order chi connectivity index (χ1) is 24.7. The van der Waals surface area contributed by atoms with Crippen molar-refractivity contribution in [3.8, 4) is 0 Å². The van der Waals surface area contributed by atoms with Crippen LogP contribution in [0.5, 0.6) is 0 Å². The Morgan fingerprint density at radius 3 is 1.63 bits per heavy atom. The van der Waals surface area contributed by atoms with Gasteiger partial charge in [0, 0.05) is 12.8 Å². The van der Waals surface area contributed by atoms with Crippen molar-refractivity contribution >= 4 is 19.8 Å². The van der Waals surface area contributed by atoms with E-state index in [9.17, 15) is 24.2 Å². The van der Waals surface area contributed by atoms with Crippen molar-refractivity contribution in [3.05, 3.63) is 48.6 Å². The van der Waals surface area contributed by atoms with Gasteiger partial charge in [-0.1, -0.05) is 140 Å². The first-order valence-electron chi connectivity index (χ1n) is 19.6. The summed E-state index contributed by atoms with van der Waals surface area (Å²) in [5.74, 6) is -0.946. The molecule has 0 aliphatic heterocycles. The average Bonchev–Trinajstić information content (AvgIpc) is 3.12. The molecule has 0 aromatic heterocycles. The molecule has 0 spiro atoms. The van der Waals surface area contributed by atoms with Gasteiger partial charge in [0.25, 0.3) is 0 Å². The van der Waals surface area contributed by atoms with Crippen LogP contribution < -0.4 is 0 Å². The summed E-state index contributed by atoms with van der Waals surface area (Å²) in [7, 11) is -4.61. The number of aliphatic hydroxyl groups is 2. The van der Waals surface area contributed by atoms with E-state index in [0.717, 1.165) is 83.5 Å². The fraction of sp³-hybridized carbons (Fsp3) is 0.750. The Balaban J connectivity index is 4.34. The summed E-state index contributed by atoms with van der Waals surface area (Å²) in [4.78, 5) is 34.8. The number of unbranched alkanes of at least 4 members (excludes halogenated alkanes) is 14. The van der Waals surface area contributed by atoms with Crippen molar-refractivity contribution in [2.24, 2.45) is 0 Å². The molecule has 3 atom stereocenters. The van der Waals surface area contributed by atoms with Gasteiger partial charge >= 0.3 is 19.8 Å². The van der Waals surface area contributed by atoms with Gasteiger partial charge in [0.2, 0.25) is 0 Å². The highest BCUT2D eigenvalue weighted by atomic mass is 31.2. The average molecular weight is 743 g/mol. The third-order valence-electron chi connectivity index (χ3n) is 8.00. The van der Waals surface area contributed by atoms with Crippen LogP contribution in [0.2, 0.25) is 0 Å². The Morgan fingerprint density at radius 2 is 1.08 bits per heavy atom. The Hall–Kier alpha value is -2.07. The van der Waals surface area contributed by atoms with E-state index in [0.29, 0.717) is 12.8 Å². The topological polar surface area (TPSA) is 149 Å². The van der Waals surface area contributed by atoms with Gasteiger partial charge in [0.05, 0.1) is 19.8 Å². The number of phosphoric acid groups is 1. The molecule has 0 saturated carbocycles. The van der Waals surface area contributed by atoms with Crippen LogP contribution in [-0.2, 0) is 32.7 Å². The zero-order chi connectivity index (χ0) is 37.7. The van der Waals surface area contributed by atoms with Crippen LogP contribution in [0.15, 0.2) is 48.6 Å². The molecule has 0 aromatic carbocycles. The van der Waals surface area contributed by atoms with Crippen LogP contribution in [0.3, 0.4) is 0 Å². The lowest BCUT2D eigenvalue weighted by atomic mass is 10.1. The maximum absolute atomic E-state index is 12.6. The van der Waals surface area contributed by atoms with Gasteiger partial charge in [-0.2, -0.15) is 0 Å². The number of ether oxygens (including phenoxy) is 2.